The molecule has 6 nitrogen and oxygen atoms in total. The molecule has 0 saturated carbocycles. The van der Waals surface area contributed by atoms with Crippen LogP contribution in [0.15, 0.2) is 24.3 Å². The summed E-state index contributed by atoms with van der Waals surface area (Å²) in [6, 6.07) is 7.37. The molecule has 0 spiro atoms. The number of hydrogen-bond acceptors (Lipinski definition) is 5. The number of ether oxygens (including phenoxy) is 1. The minimum atomic E-state index is -0.270. The zero-order valence-corrected chi connectivity index (χ0v) is 16.3. The van der Waals surface area contributed by atoms with Crippen molar-refractivity contribution in [3.63, 3.8) is 0 Å². The standard InChI is InChI=1S/C20H28N4O2/c1-6-10-24(11-7-2)20-21-15(4)13-17(23-20)19(25)22-16-12-14(3)8-9-18(16)26-5/h8-9,12-13H,6-7,10-11H2,1-5H3,(H,22,25). The van der Waals surface area contributed by atoms with Crippen LogP contribution in [0, 0.1) is 13.8 Å². The van der Waals surface area contributed by atoms with Crippen molar-refractivity contribution in [3.05, 3.63) is 41.2 Å². The molecule has 2 aromatic rings. The lowest BCUT2D eigenvalue weighted by Crippen LogP contribution is -2.28. The van der Waals surface area contributed by atoms with E-state index >= 15 is 0 Å². The smallest absolute Gasteiger partial charge is 0.274 e. The van der Waals surface area contributed by atoms with E-state index in [-0.39, 0.29) is 5.91 Å². The number of anilines is 2. The van der Waals surface area contributed by atoms with E-state index in [2.05, 4.69) is 34.0 Å². The van der Waals surface area contributed by atoms with Crippen LogP contribution in [0.1, 0.15) is 48.4 Å². The Labute approximate surface area is 155 Å². The lowest BCUT2D eigenvalue weighted by molar-refractivity contribution is 0.102. The first kappa shape index (κ1) is 19.7. The molecule has 0 saturated heterocycles. The molecule has 1 N–H and O–H groups in total. The van der Waals surface area contributed by atoms with Gasteiger partial charge < -0.3 is 15.0 Å². The minimum absolute atomic E-state index is 0.270. The van der Waals surface area contributed by atoms with Crippen LogP contribution in [0.4, 0.5) is 11.6 Å². The SMILES string of the molecule is CCCN(CCC)c1nc(C)cc(C(=O)Nc2cc(C)ccc2OC)n1. The Morgan fingerprint density at radius 3 is 2.42 bits per heavy atom. The highest BCUT2D eigenvalue weighted by molar-refractivity contribution is 6.04. The average Bonchev–Trinajstić information content (AvgIpc) is 2.61. The van der Waals surface area contributed by atoms with Crippen LogP contribution in [0.25, 0.3) is 0 Å². The number of amides is 1. The van der Waals surface area contributed by atoms with Gasteiger partial charge in [0.2, 0.25) is 5.95 Å². The van der Waals surface area contributed by atoms with Crippen LogP contribution in [0.2, 0.25) is 0 Å². The lowest BCUT2D eigenvalue weighted by atomic mass is 10.2. The Kier molecular flexibility index (Phi) is 6.95. The van der Waals surface area contributed by atoms with Crippen LogP contribution < -0.4 is 15.0 Å². The second-order valence-electron chi connectivity index (χ2n) is 6.34. The third-order valence-corrected chi connectivity index (χ3v) is 3.95. The average molecular weight is 356 g/mol. The predicted octanol–water partition coefficient (Wildman–Crippen LogP) is 3.98. The third kappa shape index (κ3) is 4.94. The van der Waals surface area contributed by atoms with Crippen LogP contribution in [-0.4, -0.2) is 36.1 Å². The lowest BCUT2D eigenvalue weighted by Gasteiger charge is -2.22. The van der Waals surface area contributed by atoms with Crippen molar-refractivity contribution in [2.45, 2.75) is 40.5 Å². The maximum atomic E-state index is 12.8. The highest BCUT2D eigenvalue weighted by Crippen LogP contribution is 2.25. The molecule has 0 aliphatic carbocycles. The first-order valence-electron chi connectivity index (χ1n) is 9.05. The molecule has 1 amide bonds. The second kappa shape index (κ2) is 9.17. The quantitative estimate of drug-likeness (QED) is 0.775. The summed E-state index contributed by atoms with van der Waals surface area (Å²) in [5.74, 6) is 0.956. The highest BCUT2D eigenvalue weighted by Gasteiger charge is 2.16. The van der Waals surface area contributed by atoms with Gasteiger partial charge >= 0.3 is 0 Å². The van der Waals surface area contributed by atoms with Gasteiger partial charge in [-0.05, 0) is 50.5 Å². The van der Waals surface area contributed by atoms with Crippen molar-refractivity contribution >= 4 is 17.5 Å². The monoisotopic (exact) mass is 356 g/mol. The number of methoxy groups -OCH3 is 1. The fraction of sp³-hybridized carbons (Fsp3) is 0.450. The number of benzene rings is 1. The Balaban J connectivity index is 2.30. The first-order valence-corrected chi connectivity index (χ1v) is 9.05. The van der Waals surface area contributed by atoms with Gasteiger partial charge in [0.05, 0.1) is 12.8 Å². The van der Waals surface area contributed by atoms with Crippen LogP contribution in [-0.2, 0) is 0 Å². The third-order valence-electron chi connectivity index (χ3n) is 3.95. The van der Waals surface area contributed by atoms with E-state index in [1.54, 1.807) is 13.2 Å². The largest absolute Gasteiger partial charge is 0.495 e. The van der Waals surface area contributed by atoms with E-state index in [4.69, 9.17) is 4.74 Å². The molecule has 0 aliphatic rings. The molecule has 0 radical (unpaired) electrons. The Morgan fingerprint density at radius 1 is 1.12 bits per heavy atom. The number of hydrogen-bond donors (Lipinski definition) is 1. The highest BCUT2D eigenvalue weighted by atomic mass is 16.5. The van der Waals surface area contributed by atoms with E-state index in [0.717, 1.165) is 37.2 Å². The molecule has 0 atom stereocenters. The summed E-state index contributed by atoms with van der Waals surface area (Å²) in [5.41, 5.74) is 2.80. The van der Waals surface area contributed by atoms with Crippen LogP contribution >= 0.6 is 0 Å². The summed E-state index contributed by atoms with van der Waals surface area (Å²) in [6.45, 7) is 9.82. The summed E-state index contributed by atoms with van der Waals surface area (Å²) >= 11 is 0. The fourth-order valence-electron chi connectivity index (χ4n) is 2.77. The zero-order valence-electron chi connectivity index (χ0n) is 16.3. The van der Waals surface area contributed by atoms with Crippen molar-refractivity contribution in [2.24, 2.45) is 0 Å². The van der Waals surface area contributed by atoms with Gasteiger partial charge in [-0.2, -0.15) is 0 Å². The minimum Gasteiger partial charge on any atom is -0.495 e. The molecule has 2 rings (SSSR count). The molecule has 0 aliphatic heterocycles. The molecule has 26 heavy (non-hydrogen) atoms. The first-order chi connectivity index (χ1) is 12.5. The topological polar surface area (TPSA) is 67.4 Å². The van der Waals surface area contributed by atoms with Gasteiger partial charge in [0.1, 0.15) is 11.4 Å². The zero-order chi connectivity index (χ0) is 19.1. The Morgan fingerprint density at radius 2 is 1.81 bits per heavy atom. The van der Waals surface area contributed by atoms with Crippen molar-refractivity contribution in [1.82, 2.24) is 9.97 Å². The van der Waals surface area contributed by atoms with E-state index in [1.165, 1.54) is 0 Å². The van der Waals surface area contributed by atoms with E-state index < -0.39 is 0 Å². The Bertz CT molecular complexity index is 755. The van der Waals surface area contributed by atoms with Crippen LogP contribution in [0.3, 0.4) is 0 Å². The molecule has 1 aromatic heterocycles. The van der Waals surface area contributed by atoms with Crippen molar-refractivity contribution in [2.75, 3.05) is 30.4 Å². The van der Waals surface area contributed by atoms with Gasteiger partial charge in [-0.1, -0.05) is 19.9 Å². The number of aromatic nitrogens is 2. The number of nitrogens with one attached hydrogen (secondary N) is 1. The van der Waals surface area contributed by atoms with Gasteiger partial charge in [-0.25, -0.2) is 9.97 Å². The molecular weight excluding hydrogens is 328 g/mol. The van der Waals surface area contributed by atoms with E-state index in [9.17, 15) is 4.79 Å². The molecule has 0 bridgehead atoms. The van der Waals surface area contributed by atoms with Gasteiger partial charge in [0, 0.05) is 18.8 Å². The normalized spacial score (nSPS) is 10.5. The van der Waals surface area contributed by atoms with Crippen molar-refractivity contribution in [3.8, 4) is 5.75 Å². The predicted molar refractivity (Wildman–Crippen MR) is 105 cm³/mol. The van der Waals surface area contributed by atoms with Gasteiger partial charge in [0.15, 0.2) is 0 Å². The Hall–Kier alpha value is -2.63. The summed E-state index contributed by atoms with van der Waals surface area (Å²) in [6.07, 6.45) is 2.00. The summed E-state index contributed by atoms with van der Waals surface area (Å²) in [4.78, 5) is 23.9. The molecule has 1 heterocycles. The maximum Gasteiger partial charge on any atom is 0.274 e. The second-order valence-corrected chi connectivity index (χ2v) is 6.34. The van der Waals surface area contributed by atoms with Gasteiger partial charge in [-0.3, -0.25) is 4.79 Å². The summed E-state index contributed by atoms with van der Waals surface area (Å²) in [5, 5.41) is 2.90. The number of nitrogens with zero attached hydrogens (tertiary/aromatic N) is 3. The van der Waals surface area contributed by atoms with Gasteiger partial charge in [0.25, 0.3) is 5.91 Å². The fourth-order valence-corrected chi connectivity index (χ4v) is 2.77. The molecular formula is C20H28N4O2. The summed E-state index contributed by atoms with van der Waals surface area (Å²) in [7, 11) is 1.58. The molecule has 140 valence electrons. The van der Waals surface area contributed by atoms with E-state index in [1.807, 2.05) is 32.0 Å². The van der Waals surface area contributed by atoms with E-state index in [0.29, 0.717) is 23.1 Å². The number of rotatable bonds is 8. The molecule has 1 aromatic carbocycles. The molecule has 0 unspecified atom stereocenters. The van der Waals surface area contributed by atoms with Crippen molar-refractivity contribution < 1.29 is 9.53 Å². The number of aryl methyl sites for hydroxylation is 2. The maximum absolute atomic E-state index is 12.8. The van der Waals surface area contributed by atoms with Crippen LogP contribution in [0.5, 0.6) is 5.75 Å². The van der Waals surface area contributed by atoms with Gasteiger partial charge in [-0.15, -0.1) is 0 Å². The summed E-state index contributed by atoms with van der Waals surface area (Å²) < 4.78 is 5.33. The number of carbonyl (C=O) groups is 1. The van der Waals surface area contributed by atoms with Crippen molar-refractivity contribution in [1.29, 1.82) is 0 Å². The number of carbonyl (C=O) groups excluding carboxylic acids is 1. The molecule has 6 heteroatoms. The molecule has 0 fully saturated rings.